The zero-order valence-corrected chi connectivity index (χ0v) is 16.1. The van der Waals surface area contributed by atoms with Crippen LogP contribution in [0, 0.1) is 6.92 Å². The molecule has 0 aromatic heterocycles. The van der Waals surface area contributed by atoms with Gasteiger partial charge < -0.3 is 10.2 Å². The van der Waals surface area contributed by atoms with Gasteiger partial charge in [-0.15, -0.1) is 0 Å². The summed E-state index contributed by atoms with van der Waals surface area (Å²) in [5.74, 6) is -0.722. The molecule has 0 radical (unpaired) electrons. The molecular weight excluding hydrogens is 388 g/mol. The Morgan fingerprint density at radius 2 is 2.08 bits per heavy atom. The predicted molar refractivity (Wildman–Crippen MR) is 99.2 cm³/mol. The summed E-state index contributed by atoms with van der Waals surface area (Å²) >= 11 is 3.37. The molecule has 1 aliphatic rings. The number of likely N-dealkylation sites (N-methyl/N-ethyl adjacent to an activating group) is 1. The SMILES string of the molecule is CCN1N=C(C(=O)N(C)CC(=O)Nc2ccc(Br)cc2C)CCC1=O. The van der Waals surface area contributed by atoms with Gasteiger partial charge in [-0.05, 0) is 37.6 Å². The van der Waals surface area contributed by atoms with Crippen LogP contribution < -0.4 is 5.32 Å². The number of carbonyl (C=O) groups is 3. The Morgan fingerprint density at radius 1 is 1.36 bits per heavy atom. The summed E-state index contributed by atoms with van der Waals surface area (Å²) in [5.41, 5.74) is 1.92. The maximum absolute atomic E-state index is 12.4. The third-order valence-corrected chi connectivity index (χ3v) is 4.33. The predicted octanol–water partition coefficient (Wildman–Crippen LogP) is 2.15. The van der Waals surface area contributed by atoms with Crippen LogP contribution in [0.2, 0.25) is 0 Å². The zero-order chi connectivity index (χ0) is 18.6. The number of rotatable bonds is 5. The largest absolute Gasteiger partial charge is 0.331 e. The molecule has 0 fully saturated rings. The van der Waals surface area contributed by atoms with Crippen molar-refractivity contribution in [2.45, 2.75) is 26.7 Å². The smallest absolute Gasteiger partial charge is 0.270 e. The standard InChI is InChI=1S/C17H21BrN4O3/c1-4-22-16(24)8-7-14(20-22)17(25)21(3)10-15(23)19-13-6-5-12(18)9-11(13)2/h5-6,9H,4,7-8,10H2,1-3H3,(H,19,23). The molecule has 1 N–H and O–H groups in total. The summed E-state index contributed by atoms with van der Waals surface area (Å²) in [7, 11) is 1.55. The average Bonchev–Trinajstić information content (AvgIpc) is 2.57. The number of anilines is 1. The maximum atomic E-state index is 12.4. The number of halogens is 1. The molecular formula is C17H21BrN4O3. The molecule has 0 spiro atoms. The monoisotopic (exact) mass is 408 g/mol. The van der Waals surface area contributed by atoms with E-state index in [1.165, 1.54) is 9.91 Å². The third-order valence-electron chi connectivity index (χ3n) is 3.84. The van der Waals surface area contributed by atoms with E-state index in [1.807, 2.05) is 19.1 Å². The van der Waals surface area contributed by atoms with Crippen LogP contribution in [0.1, 0.15) is 25.3 Å². The third kappa shape index (κ3) is 4.88. The molecule has 3 amide bonds. The van der Waals surface area contributed by atoms with Crippen molar-refractivity contribution in [3.63, 3.8) is 0 Å². The Balaban J connectivity index is 1.98. The van der Waals surface area contributed by atoms with E-state index in [0.29, 0.717) is 24.4 Å². The Hall–Kier alpha value is -2.22. The number of carbonyl (C=O) groups excluding carboxylic acids is 3. The van der Waals surface area contributed by atoms with Gasteiger partial charge in [-0.25, -0.2) is 5.01 Å². The number of benzene rings is 1. The van der Waals surface area contributed by atoms with Crippen LogP contribution in [0.15, 0.2) is 27.8 Å². The van der Waals surface area contributed by atoms with Crippen molar-refractivity contribution in [2.75, 3.05) is 25.5 Å². The topological polar surface area (TPSA) is 82.1 Å². The van der Waals surface area contributed by atoms with Crippen molar-refractivity contribution in [1.82, 2.24) is 9.91 Å². The molecule has 1 aliphatic heterocycles. The molecule has 25 heavy (non-hydrogen) atoms. The number of nitrogens with one attached hydrogen (secondary N) is 1. The van der Waals surface area contributed by atoms with E-state index in [-0.39, 0.29) is 30.7 Å². The summed E-state index contributed by atoms with van der Waals surface area (Å²) in [4.78, 5) is 37.6. The molecule has 1 aromatic carbocycles. The molecule has 134 valence electrons. The summed E-state index contributed by atoms with van der Waals surface area (Å²) < 4.78 is 0.931. The Morgan fingerprint density at radius 3 is 2.72 bits per heavy atom. The molecule has 8 heteroatoms. The van der Waals surface area contributed by atoms with Crippen molar-refractivity contribution in [3.05, 3.63) is 28.2 Å². The quantitative estimate of drug-likeness (QED) is 0.809. The van der Waals surface area contributed by atoms with Gasteiger partial charge in [0.2, 0.25) is 11.8 Å². The second kappa shape index (κ2) is 8.24. The van der Waals surface area contributed by atoms with Gasteiger partial charge in [0, 0.05) is 36.6 Å². The minimum Gasteiger partial charge on any atom is -0.331 e. The summed E-state index contributed by atoms with van der Waals surface area (Å²) in [6.07, 6.45) is 0.558. The fourth-order valence-corrected chi connectivity index (χ4v) is 2.94. The lowest BCUT2D eigenvalue weighted by atomic mass is 10.1. The second-order valence-electron chi connectivity index (χ2n) is 5.82. The minimum absolute atomic E-state index is 0.0899. The highest BCUT2D eigenvalue weighted by Gasteiger charge is 2.26. The first kappa shape index (κ1) is 19.1. The lowest BCUT2D eigenvalue weighted by Gasteiger charge is -2.24. The van der Waals surface area contributed by atoms with Crippen LogP contribution >= 0.6 is 15.9 Å². The zero-order valence-electron chi connectivity index (χ0n) is 14.5. The molecule has 1 heterocycles. The molecule has 0 saturated carbocycles. The van der Waals surface area contributed by atoms with Crippen LogP contribution in [-0.4, -0.2) is 53.5 Å². The highest BCUT2D eigenvalue weighted by Crippen LogP contribution is 2.20. The van der Waals surface area contributed by atoms with Gasteiger partial charge in [0.05, 0.1) is 6.54 Å². The van der Waals surface area contributed by atoms with E-state index >= 15 is 0 Å². The van der Waals surface area contributed by atoms with E-state index in [9.17, 15) is 14.4 Å². The summed E-state index contributed by atoms with van der Waals surface area (Å²) in [5, 5.41) is 8.17. The summed E-state index contributed by atoms with van der Waals surface area (Å²) in [6, 6.07) is 5.54. The van der Waals surface area contributed by atoms with E-state index in [0.717, 1.165) is 10.0 Å². The van der Waals surface area contributed by atoms with E-state index in [2.05, 4.69) is 26.3 Å². The van der Waals surface area contributed by atoms with Crippen molar-refractivity contribution in [1.29, 1.82) is 0 Å². The van der Waals surface area contributed by atoms with E-state index in [4.69, 9.17) is 0 Å². The van der Waals surface area contributed by atoms with Gasteiger partial charge >= 0.3 is 0 Å². The number of nitrogens with zero attached hydrogens (tertiary/aromatic N) is 3. The second-order valence-corrected chi connectivity index (χ2v) is 6.74. The van der Waals surface area contributed by atoms with E-state index in [1.54, 1.807) is 20.0 Å². The van der Waals surface area contributed by atoms with Gasteiger partial charge in [-0.3, -0.25) is 14.4 Å². The van der Waals surface area contributed by atoms with Crippen molar-refractivity contribution in [3.8, 4) is 0 Å². The molecule has 0 atom stereocenters. The number of amides is 3. The molecule has 1 aromatic rings. The maximum Gasteiger partial charge on any atom is 0.270 e. The van der Waals surface area contributed by atoms with Crippen molar-refractivity contribution >= 4 is 45.1 Å². The van der Waals surface area contributed by atoms with Crippen LogP contribution in [0.3, 0.4) is 0 Å². The lowest BCUT2D eigenvalue weighted by molar-refractivity contribution is -0.132. The van der Waals surface area contributed by atoms with Gasteiger partial charge in [0.25, 0.3) is 5.91 Å². The van der Waals surface area contributed by atoms with Gasteiger partial charge in [0.1, 0.15) is 5.71 Å². The van der Waals surface area contributed by atoms with Gasteiger partial charge in [-0.1, -0.05) is 15.9 Å². The van der Waals surface area contributed by atoms with Crippen LogP contribution in [0.5, 0.6) is 0 Å². The number of aryl methyl sites for hydroxylation is 1. The number of hydrogen-bond acceptors (Lipinski definition) is 4. The average molecular weight is 409 g/mol. The molecule has 7 nitrogen and oxygen atoms in total. The van der Waals surface area contributed by atoms with Crippen molar-refractivity contribution in [2.24, 2.45) is 5.10 Å². The highest BCUT2D eigenvalue weighted by molar-refractivity contribution is 9.10. The number of hydrazone groups is 1. The molecule has 0 unspecified atom stereocenters. The normalized spacial score (nSPS) is 14.2. The Labute approximate surface area is 155 Å². The molecule has 0 aliphatic carbocycles. The van der Waals surface area contributed by atoms with Gasteiger partial charge in [-0.2, -0.15) is 5.10 Å². The Bertz CT molecular complexity index is 733. The van der Waals surface area contributed by atoms with Crippen molar-refractivity contribution < 1.29 is 14.4 Å². The van der Waals surface area contributed by atoms with Gasteiger partial charge in [0.15, 0.2) is 0 Å². The first-order valence-electron chi connectivity index (χ1n) is 8.01. The fraction of sp³-hybridized carbons (Fsp3) is 0.412. The molecule has 0 saturated heterocycles. The Kier molecular flexibility index (Phi) is 6.30. The van der Waals surface area contributed by atoms with E-state index < -0.39 is 0 Å². The van der Waals surface area contributed by atoms with Crippen LogP contribution in [0.25, 0.3) is 0 Å². The minimum atomic E-state index is -0.339. The van der Waals surface area contributed by atoms with Crippen LogP contribution in [0.4, 0.5) is 5.69 Å². The molecule has 0 bridgehead atoms. The summed E-state index contributed by atoms with van der Waals surface area (Å²) in [6.45, 7) is 4.02. The first-order chi connectivity index (χ1) is 11.8. The van der Waals surface area contributed by atoms with Crippen LogP contribution in [-0.2, 0) is 14.4 Å². The lowest BCUT2D eigenvalue weighted by Crippen LogP contribution is -2.42. The molecule has 2 rings (SSSR count). The highest BCUT2D eigenvalue weighted by atomic mass is 79.9. The number of hydrogen-bond donors (Lipinski definition) is 1. The first-order valence-corrected chi connectivity index (χ1v) is 8.80. The fourth-order valence-electron chi connectivity index (χ4n) is 2.47.